The highest BCUT2D eigenvalue weighted by atomic mass is 16.4. The number of aromatic carboxylic acids is 1. The van der Waals surface area contributed by atoms with Gasteiger partial charge in [0.15, 0.2) is 5.58 Å². The lowest BCUT2D eigenvalue weighted by atomic mass is 10.1. The molecule has 0 aliphatic rings. The molecule has 0 radical (unpaired) electrons. The van der Waals surface area contributed by atoms with E-state index in [1.165, 1.54) is 17.7 Å². The molecule has 140 valence electrons. The Kier molecular flexibility index (Phi) is 3.85. The first kappa shape index (κ1) is 17.3. The van der Waals surface area contributed by atoms with Crippen molar-refractivity contribution in [2.24, 2.45) is 7.05 Å². The number of carbonyl (C=O) groups is 2. The number of carboxylic acids is 1. The Labute approximate surface area is 156 Å². The Morgan fingerprint density at radius 3 is 2.57 bits per heavy atom. The molecular formula is C19H13N3O6. The van der Waals surface area contributed by atoms with Crippen LogP contribution in [0.1, 0.15) is 10.4 Å². The fourth-order valence-electron chi connectivity index (χ4n) is 2.99. The molecule has 0 bridgehead atoms. The van der Waals surface area contributed by atoms with Crippen molar-refractivity contribution in [1.29, 1.82) is 0 Å². The number of aromatic nitrogens is 2. The smallest absolute Gasteiger partial charge is 0.419 e. The summed E-state index contributed by atoms with van der Waals surface area (Å²) in [5.74, 6) is -1.96. The van der Waals surface area contributed by atoms with Gasteiger partial charge in [-0.2, -0.15) is 0 Å². The molecule has 0 fully saturated rings. The van der Waals surface area contributed by atoms with E-state index in [1.807, 2.05) is 0 Å². The van der Waals surface area contributed by atoms with E-state index < -0.39 is 28.7 Å². The molecule has 2 aromatic heterocycles. The first-order valence-electron chi connectivity index (χ1n) is 8.15. The molecule has 28 heavy (non-hydrogen) atoms. The third-order valence-electron chi connectivity index (χ3n) is 4.40. The number of nitrogens with zero attached hydrogens (tertiary/aromatic N) is 2. The van der Waals surface area contributed by atoms with Gasteiger partial charge in [-0.3, -0.25) is 13.9 Å². The van der Waals surface area contributed by atoms with Crippen molar-refractivity contribution in [2.75, 3.05) is 5.32 Å². The molecule has 9 heteroatoms. The molecule has 0 unspecified atom stereocenters. The van der Waals surface area contributed by atoms with Gasteiger partial charge in [0.1, 0.15) is 5.56 Å². The number of anilines is 1. The minimum Gasteiger partial charge on any atom is -0.477 e. The number of amides is 1. The van der Waals surface area contributed by atoms with E-state index >= 15 is 0 Å². The molecule has 0 atom stereocenters. The number of carbonyl (C=O) groups excluding carboxylic acids is 1. The standard InChI is InChI=1S/C19H13N3O6/c1-21-14-8-10(6-7-15(14)28-19(21)27)20-18(26)22-9-12(17(24)25)16(23)11-4-2-3-5-13(11)22/h2-9H,1H3,(H,20,26)(H,24,25). The number of aryl methyl sites for hydroxylation is 1. The lowest BCUT2D eigenvalue weighted by Crippen LogP contribution is -2.25. The van der Waals surface area contributed by atoms with Crippen LogP contribution < -0.4 is 16.5 Å². The number of pyridine rings is 1. The zero-order valence-corrected chi connectivity index (χ0v) is 14.5. The predicted molar refractivity (Wildman–Crippen MR) is 101 cm³/mol. The van der Waals surface area contributed by atoms with Crippen molar-refractivity contribution in [3.05, 3.63) is 75.0 Å². The number of hydrogen-bond donors (Lipinski definition) is 2. The zero-order valence-electron chi connectivity index (χ0n) is 14.5. The minimum atomic E-state index is -1.42. The molecule has 4 aromatic rings. The Morgan fingerprint density at radius 2 is 1.82 bits per heavy atom. The first-order valence-corrected chi connectivity index (χ1v) is 8.15. The molecule has 9 nitrogen and oxygen atoms in total. The van der Waals surface area contributed by atoms with E-state index in [0.29, 0.717) is 16.8 Å². The molecular weight excluding hydrogens is 366 g/mol. The monoisotopic (exact) mass is 379 g/mol. The van der Waals surface area contributed by atoms with Crippen molar-refractivity contribution in [3.63, 3.8) is 0 Å². The lowest BCUT2D eigenvalue weighted by molar-refractivity contribution is 0.0695. The highest BCUT2D eigenvalue weighted by Gasteiger charge is 2.18. The van der Waals surface area contributed by atoms with Gasteiger partial charge >= 0.3 is 17.8 Å². The molecule has 0 saturated carbocycles. The molecule has 2 aromatic carbocycles. The van der Waals surface area contributed by atoms with E-state index in [-0.39, 0.29) is 10.9 Å². The van der Waals surface area contributed by atoms with Crippen LogP contribution >= 0.6 is 0 Å². The van der Waals surface area contributed by atoms with E-state index in [9.17, 15) is 24.3 Å². The summed E-state index contributed by atoms with van der Waals surface area (Å²) in [7, 11) is 1.54. The second kappa shape index (κ2) is 6.23. The molecule has 0 spiro atoms. The fraction of sp³-hybridized carbons (Fsp3) is 0.0526. The molecule has 2 heterocycles. The number of carboxylic acid groups (broad SMARTS) is 1. The number of para-hydroxylation sites is 1. The van der Waals surface area contributed by atoms with Crippen LogP contribution in [0.4, 0.5) is 10.5 Å². The van der Waals surface area contributed by atoms with Gasteiger partial charge in [-0.25, -0.2) is 14.4 Å². The third kappa shape index (κ3) is 2.65. The highest BCUT2D eigenvalue weighted by molar-refractivity contribution is 6.01. The number of nitrogens with one attached hydrogen (secondary N) is 1. The Hall–Kier alpha value is -4.14. The number of hydrogen-bond acceptors (Lipinski definition) is 5. The SMILES string of the molecule is Cn1c(=O)oc2ccc(NC(=O)n3cc(C(=O)O)c(=O)c4ccccc43)cc21. The molecule has 0 aliphatic heterocycles. The molecule has 0 aliphatic carbocycles. The maximum atomic E-state index is 12.8. The van der Waals surface area contributed by atoms with Gasteiger partial charge in [0, 0.05) is 24.3 Å². The quantitative estimate of drug-likeness (QED) is 0.550. The number of rotatable bonds is 2. The Balaban J connectivity index is 1.82. The van der Waals surface area contributed by atoms with Crippen LogP contribution in [0.3, 0.4) is 0 Å². The Morgan fingerprint density at radius 1 is 1.07 bits per heavy atom. The zero-order chi connectivity index (χ0) is 20.0. The second-order valence-electron chi connectivity index (χ2n) is 6.10. The summed E-state index contributed by atoms with van der Waals surface area (Å²) < 4.78 is 7.41. The van der Waals surface area contributed by atoms with Gasteiger partial charge in [-0.05, 0) is 30.3 Å². The summed E-state index contributed by atoms with van der Waals surface area (Å²) >= 11 is 0. The minimum absolute atomic E-state index is 0.116. The van der Waals surface area contributed by atoms with Gasteiger partial charge in [0.05, 0.1) is 11.0 Å². The van der Waals surface area contributed by atoms with Gasteiger partial charge < -0.3 is 14.8 Å². The number of fused-ring (bicyclic) bond motifs is 2. The van der Waals surface area contributed by atoms with E-state index in [4.69, 9.17) is 4.42 Å². The van der Waals surface area contributed by atoms with E-state index in [2.05, 4.69) is 5.32 Å². The second-order valence-corrected chi connectivity index (χ2v) is 6.10. The van der Waals surface area contributed by atoms with Crippen LogP contribution in [-0.2, 0) is 7.05 Å². The first-order chi connectivity index (χ1) is 13.4. The summed E-state index contributed by atoms with van der Waals surface area (Å²) in [6.07, 6.45) is 0.995. The lowest BCUT2D eigenvalue weighted by Gasteiger charge is -2.12. The Bertz CT molecular complexity index is 1390. The summed E-state index contributed by atoms with van der Waals surface area (Å²) in [5.41, 5.74) is 0.315. The van der Waals surface area contributed by atoms with Crippen LogP contribution in [0.5, 0.6) is 0 Å². The van der Waals surface area contributed by atoms with Crippen molar-refractivity contribution in [2.45, 2.75) is 0 Å². The van der Waals surface area contributed by atoms with Gasteiger partial charge in [-0.15, -0.1) is 0 Å². The topological polar surface area (TPSA) is 124 Å². The highest BCUT2D eigenvalue weighted by Crippen LogP contribution is 2.19. The number of oxazole rings is 1. The van der Waals surface area contributed by atoms with E-state index in [0.717, 1.165) is 10.8 Å². The largest absolute Gasteiger partial charge is 0.477 e. The summed E-state index contributed by atoms with van der Waals surface area (Å²) in [5, 5.41) is 12.0. The van der Waals surface area contributed by atoms with Crippen molar-refractivity contribution >= 4 is 39.7 Å². The molecule has 1 amide bonds. The van der Waals surface area contributed by atoms with Crippen molar-refractivity contribution in [3.8, 4) is 0 Å². The number of benzene rings is 2. The summed E-state index contributed by atoms with van der Waals surface area (Å²) in [6, 6.07) is 10.2. The van der Waals surface area contributed by atoms with E-state index in [1.54, 1.807) is 36.4 Å². The van der Waals surface area contributed by atoms with Gasteiger partial charge in [0.25, 0.3) is 0 Å². The molecule has 4 rings (SSSR count). The maximum Gasteiger partial charge on any atom is 0.419 e. The fourth-order valence-corrected chi connectivity index (χ4v) is 2.99. The van der Waals surface area contributed by atoms with Crippen LogP contribution in [0.2, 0.25) is 0 Å². The van der Waals surface area contributed by atoms with Gasteiger partial charge in [0.2, 0.25) is 5.43 Å². The summed E-state index contributed by atoms with van der Waals surface area (Å²) in [4.78, 5) is 48.1. The summed E-state index contributed by atoms with van der Waals surface area (Å²) in [6.45, 7) is 0. The predicted octanol–water partition coefficient (Wildman–Crippen LogP) is 2.22. The van der Waals surface area contributed by atoms with Crippen LogP contribution in [-0.4, -0.2) is 26.2 Å². The molecule has 2 N–H and O–H groups in total. The average Bonchev–Trinajstić information content (AvgIpc) is 2.96. The van der Waals surface area contributed by atoms with Gasteiger partial charge in [-0.1, -0.05) is 12.1 Å². The average molecular weight is 379 g/mol. The van der Waals surface area contributed by atoms with Crippen molar-refractivity contribution in [1.82, 2.24) is 9.13 Å². The maximum absolute atomic E-state index is 12.8. The normalized spacial score (nSPS) is 11.0. The van der Waals surface area contributed by atoms with Crippen molar-refractivity contribution < 1.29 is 19.1 Å². The van der Waals surface area contributed by atoms with Crippen LogP contribution in [0.15, 0.2) is 62.7 Å². The van der Waals surface area contributed by atoms with Crippen LogP contribution in [0.25, 0.3) is 22.0 Å². The molecule has 0 saturated heterocycles. The van der Waals surface area contributed by atoms with Crippen LogP contribution in [0, 0.1) is 0 Å². The third-order valence-corrected chi connectivity index (χ3v) is 4.40.